The van der Waals surface area contributed by atoms with Crippen molar-refractivity contribution in [2.24, 2.45) is 0 Å². The first-order chi connectivity index (χ1) is 9.79. The van der Waals surface area contributed by atoms with Crippen LogP contribution in [-0.2, 0) is 0 Å². The molecule has 0 bridgehead atoms. The van der Waals surface area contributed by atoms with E-state index in [-0.39, 0.29) is 0 Å². The number of unbranched alkanes of at least 4 members (excludes halogenated alkanes) is 1. The summed E-state index contributed by atoms with van der Waals surface area (Å²) in [5, 5.41) is 1.84. The highest BCUT2D eigenvalue weighted by Crippen LogP contribution is 2.31. The van der Waals surface area contributed by atoms with Crippen LogP contribution in [0, 0.1) is 0 Å². The van der Waals surface area contributed by atoms with Gasteiger partial charge in [-0.2, -0.15) is 0 Å². The number of hydrogen-bond acceptors (Lipinski definition) is 3. The van der Waals surface area contributed by atoms with E-state index in [2.05, 4.69) is 6.92 Å². The van der Waals surface area contributed by atoms with Gasteiger partial charge in [0.05, 0.1) is 0 Å². The zero-order valence-corrected chi connectivity index (χ0v) is 12.1. The fraction of sp³-hybridized carbons (Fsp3) is 0.294. The summed E-state index contributed by atoms with van der Waals surface area (Å²) in [6.45, 7) is 3.07. The Morgan fingerprint density at radius 1 is 0.900 bits per heavy atom. The Labute approximate surface area is 120 Å². The number of ether oxygens (including phenoxy) is 1. The zero-order chi connectivity index (χ0) is 14.2. The second-order valence-electron chi connectivity index (χ2n) is 4.66. The monoisotopic (exact) mass is 271 g/mol. The highest BCUT2D eigenvalue weighted by Gasteiger charge is 2.08. The molecule has 0 amide bonds. The lowest BCUT2D eigenvalue weighted by atomic mass is 10.3. The molecule has 0 aliphatic rings. The molecular formula is C17H21NO2. The molecule has 3 heteroatoms. The van der Waals surface area contributed by atoms with Crippen molar-refractivity contribution in [3.05, 3.63) is 54.6 Å². The predicted octanol–water partition coefficient (Wildman–Crippen LogP) is 4.50. The minimum Gasteiger partial charge on any atom is -0.453 e. The molecule has 3 nitrogen and oxygen atoms in total. The Bertz CT molecular complexity index is 513. The van der Waals surface area contributed by atoms with Crippen LogP contribution in [0.15, 0.2) is 54.6 Å². The topological polar surface area (TPSA) is 21.7 Å². The van der Waals surface area contributed by atoms with Crippen LogP contribution >= 0.6 is 0 Å². The lowest BCUT2D eigenvalue weighted by Crippen LogP contribution is -2.23. The van der Waals surface area contributed by atoms with Gasteiger partial charge in [-0.15, -0.1) is 5.06 Å². The van der Waals surface area contributed by atoms with Gasteiger partial charge in [0.25, 0.3) is 0 Å². The molecule has 0 aliphatic carbocycles. The standard InChI is InChI=1S/C17H21NO2/c1-3-4-14-18(2)20-17-13-9-8-12-16(17)19-15-10-6-5-7-11-15/h5-13H,3-4,14H2,1-2H3. The Hall–Kier alpha value is -2.00. The van der Waals surface area contributed by atoms with Crippen molar-refractivity contribution in [2.75, 3.05) is 13.6 Å². The molecule has 0 saturated carbocycles. The van der Waals surface area contributed by atoms with Crippen LogP contribution in [-0.4, -0.2) is 18.7 Å². The van der Waals surface area contributed by atoms with E-state index in [1.54, 1.807) is 0 Å². The maximum atomic E-state index is 5.86. The van der Waals surface area contributed by atoms with E-state index in [0.717, 1.165) is 36.6 Å². The first kappa shape index (κ1) is 14.4. The molecule has 0 unspecified atom stereocenters. The molecule has 2 aromatic rings. The van der Waals surface area contributed by atoms with E-state index in [1.807, 2.05) is 66.7 Å². The molecule has 2 aromatic carbocycles. The fourth-order valence-electron chi connectivity index (χ4n) is 1.82. The van der Waals surface area contributed by atoms with Crippen molar-refractivity contribution in [1.82, 2.24) is 5.06 Å². The third kappa shape index (κ3) is 4.28. The number of rotatable bonds is 7. The van der Waals surface area contributed by atoms with Gasteiger partial charge in [0.1, 0.15) is 5.75 Å². The Balaban J connectivity index is 2.06. The molecule has 0 atom stereocenters. The van der Waals surface area contributed by atoms with E-state index >= 15 is 0 Å². The van der Waals surface area contributed by atoms with Crippen molar-refractivity contribution >= 4 is 0 Å². The average Bonchev–Trinajstić information content (AvgIpc) is 2.48. The summed E-state index contributed by atoms with van der Waals surface area (Å²) in [4.78, 5) is 5.83. The lowest BCUT2D eigenvalue weighted by Gasteiger charge is -2.19. The number of hydrogen-bond donors (Lipinski definition) is 0. The van der Waals surface area contributed by atoms with Gasteiger partial charge in [0.2, 0.25) is 0 Å². The molecule has 2 rings (SSSR count). The fourth-order valence-corrected chi connectivity index (χ4v) is 1.82. The maximum absolute atomic E-state index is 5.86. The molecule has 0 heterocycles. The number of benzene rings is 2. The third-order valence-electron chi connectivity index (χ3n) is 2.90. The summed E-state index contributed by atoms with van der Waals surface area (Å²) in [6, 6.07) is 17.4. The first-order valence-electron chi connectivity index (χ1n) is 7.00. The Morgan fingerprint density at radius 3 is 2.25 bits per heavy atom. The van der Waals surface area contributed by atoms with Crippen LogP contribution in [0.5, 0.6) is 17.2 Å². The van der Waals surface area contributed by atoms with Crippen LogP contribution in [0.4, 0.5) is 0 Å². The molecular weight excluding hydrogens is 250 g/mol. The smallest absolute Gasteiger partial charge is 0.189 e. The summed E-state index contributed by atoms with van der Waals surface area (Å²) >= 11 is 0. The summed E-state index contributed by atoms with van der Waals surface area (Å²) in [6.07, 6.45) is 2.26. The van der Waals surface area contributed by atoms with Crippen LogP contribution in [0.3, 0.4) is 0 Å². The molecule has 106 valence electrons. The summed E-state index contributed by atoms with van der Waals surface area (Å²) in [5.74, 6) is 2.26. The number of hydroxylamine groups is 2. The minimum absolute atomic E-state index is 0.724. The molecule has 0 N–H and O–H groups in total. The van der Waals surface area contributed by atoms with Crippen LogP contribution in [0.2, 0.25) is 0 Å². The number of nitrogens with zero attached hydrogens (tertiary/aromatic N) is 1. The number of para-hydroxylation sites is 3. The largest absolute Gasteiger partial charge is 0.453 e. The molecule has 0 spiro atoms. The molecule has 0 radical (unpaired) electrons. The Morgan fingerprint density at radius 2 is 1.55 bits per heavy atom. The van der Waals surface area contributed by atoms with Gasteiger partial charge in [-0.3, -0.25) is 0 Å². The molecule has 0 fully saturated rings. The van der Waals surface area contributed by atoms with E-state index in [9.17, 15) is 0 Å². The van der Waals surface area contributed by atoms with Gasteiger partial charge in [-0.25, -0.2) is 0 Å². The second kappa shape index (κ2) is 7.56. The van der Waals surface area contributed by atoms with Crippen molar-refractivity contribution in [3.8, 4) is 17.2 Å². The second-order valence-corrected chi connectivity index (χ2v) is 4.66. The van der Waals surface area contributed by atoms with Crippen molar-refractivity contribution < 1.29 is 9.57 Å². The average molecular weight is 271 g/mol. The van der Waals surface area contributed by atoms with Crippen LogP contribution in [0.25, 0.3) is 0 Å². The highest BCUT2D eigenvalue weighted by molar-refractivity contribution is 5.42. The molecule has 0 saturated heterocycles. The first-order valence-corrected chi connectivity index (χ1v) is 7.00. The van der Waals surface area contributed by atoms with Gasteiger partial charge in [-0.05, 0) is 30.7 Å². The van der Waals surface area contributed by atoms with E-state index < -0.39 is 0 Å². The van der Waals surface area contributed by atoms with Crippen LogP contribution in [0.1, 0.15) is 19.8 Å². The maximum Gasteiger partial charge on any atom is 0.189 e. The highest BCUT2D eigenvalue weighted by atomic mass is 16.7. The predicted molar refractivity (Wildman–Crippen MR) is 81.1 cm³/mol. The Kier molecular flexibility index (Phi) is 5.44. The van der Waals surface area contributed by atoms with Crippen LogP contribution < -0.4 is 9.57 Å². The van der Waals surface area contributed by atoms with Gasteiger partial charge < -0.3 is 9.57 Å². The summed E-state index contributed by atoms with van der Waals surface area (Å²) < 4.78 is 5.86. The zero-order valence-electron chi connectivity index (χ0n) is 12.1. The van der Waals surface area contributed by atoms with Crippen molar-refractivity contribution in [3.63, 3.8) is 0 Å². The minimum atomic E-state index is 0.724. The van der Waals surface area contributed by atoms with Gasteiger partial charge in [0.15, 0.2) is 11.5 Å². The normalized spacial score (nSPS) is 10.6. The van der Waals surface area contributed by atoms with E-state index in [1.165, 1.54) is 0 Å². The van der Waals surface area contributed by atoms with E-state index in [4.69, 9.17) is 9.57 Å². The summed E-state index contributed by atoms with van der Waals surface area (Å²) in [7, 11) is 1.94. The van der Waals surface area contributed by atoms with E-state index in [0.29, 0.717) is 0 Å². The molecule has 0 aromatic heterocycles. The van der Waals surface area contributed by atoms with Crippen molar-refractivity contribution in [1.29, 1.82) is 0 Å². The lowest BCUT2D eigenvalue weighted by molar-refractivity contribution is -0.0341. The third-order valence-corrected chi connectivity index (χ3v) is 2.90. The quantitative estimate of drug-likeness (QED) is 0.692. The summed E-state index contributed by atoms with van der Waals surface area (Å²) in [5.41, 5.74) is 0. The SMILES string of the molecule is CCCCN(C)Oc1ccccc1Oc1ccccc1. The molecule has 0 aliphatic heterocycles. The van der Waals surface area contributed by atoms with Crippen molar-refractivity contribution in [2.45, 2.75) is 19.8 Å². The van der Waals surface area contributed by atoms with Gasteiger partial charge in [-0.1, -0.05) is 43.7 Å². The van der Waals surface area contributed by atoms with Gasteiger partial charge in [0, 0.05) is 13.6 Å². The van der Waals surface area contributed by atoms with Gasteiger partial charge >= 0.3 is 0 Å². The molecule has 20 heavy (non-hydrogen) atoms.